The van der Waals surface area contributed by atoms with Crippen molar-refractivity contribution < 1.29 is 24.1 Å². The molecule has 0 unspecified atom stereocenters. The predicted molar refractivity (Wildman–Crippen MR) is 105 cm³/mol. The highest BCUT2D eigenvalue weighted by Crippen LogP contribution is 2.53. The minimum Gasteiger partial charge on any atom is -0.497 e. The zero-order chi connectivity index (χ0) is 20.1. The maximum atomic E-state index is 11.4. The van der Waals surface area contributed by atoms with Crippen molar-refractivity contribution in [2.45, 2.75) is 50.9 Å². The molecule has 4 rings (SSSR count). The number of rotatable bonds is 3. The molecule has 2 aliphatic rings. The van der Waals surface area contributed by atoms with Gasteiger partial charge < -0.3 is 19.3 Å². The van der Waals surface area contributed by atoms with Crippen molar-refractivity contribution in [3.8, 4) is 11.5 Å². The van der Waals surface area contributed by atoms with Crippen LogP contribution in [0.5, 0.6) is 11.5 Å². The number of hydrogen-bond donors (Lipinski definition) is 1. The Morgan fingerprint density at radius 3 is 2.71 bits per heavy atom. The van der Waals surface area contributed by atoms with Gasteiger partial charge >= 0.3 is 5.97 Å². The predicted octanol–water partition coefficient (Wildman–Crippen LogP) is 4.81. The number of carboxylic acids is 1. The Labute approximate surface area is 165 Å². The Kier molecular flexibility index (Phi) is 4.58. The summed E-state index contributed by atoms with van der Waals surface area (Å²) in [6.45, 7) is 6.25. The lowest BCUT2D eigenvalue weighted by atomic mass is 9.70. The van der Waals surface area contributed by atoms with Gasteiger partial charge in [-0.1, -0.05) is 12.1 Å². The van der Waals surface area contributed by atoms with Crippen LogP contribution < -0.4 is 9.47 Å². The van der Waals surface area contributed by atoms with Gasteiger partial charge in [0.2, 0.25) is 0 Å². The van der Waals surface area contributed by atoms with Crippen molar-refractivity contribution >= 4 is 5.97 Å². The lowest BCUT2D eigenvalue weighted by Crippen LogP contribution is -2.50. The van der Waals surface area contributed by atoms with E-state index in [1.165, 1.54) is 5.56 Å². The summed E-state index contributed by atoms with van der Waals surface area (Å²) in [5, 5.41) is 9.38. The average molecular weight is 382 g/mol. The van der Waals surface area contributed by atoms with Crippen molar-refractivity contribution in [1.29, 1.82) is 0 Å². The Hall–Kier alpha value is -2.53. The number of hydrogen-bond acceptors (Lipinski definition) is 4. The molecule has 0 aliphatic carbocycles. The fourth-order valence-electron chi connectivity index (χ4n) is 4.58. The normalized spacial score (nSPS) is 27.9. The fraction of sp³-hybridized carbons (Fsp3) is 0.435. The highest BCUT2D eigenvalue weighted by atomic mass is 16.5. The van der Waals surface area contributed by atoms with E-state index in [9.17, 15) is 9.90 Å². The molecule has 0 aromatic heterocycles. The highest BCUT2D eigenvalue weighted by Gasteiger charge is 2.50. The molecule has 4 atom stereocenters. The standard InChI is InChI=1S/C23H26O5/c1-13-17(14-6-5-7-16(10-14)26-4)12-19-21(27-13)18-11-15(22(24)25)8-9-20(18)28-23(19,2)3/h5-11,13,17,19,21H,12H2,1-4H3,(H,24,25)/t13-,17-,19-,21+/m0/s1. The number of aromatic carboxylic acids is 1. The van der Waals surface area contributed by atoms with E-state index in [0.29, 0.717) is 5.75 Å². The molecule has 1 N–H and O–H groups in total. The van der Waals surface area contributed by atoms with E-state index in [1.54, 1.807) is 25.3 Å². The summed E-state index contributed by atoms with van der Waals surface area (Å²) in [6.07, 6.45) is 0.696. The molecule has 2 heterocycles. The van der Waals surface area contributed by atoms with Crippen LogP contribution in [0.2, 0.25) is 0 Å². The minimum absolute atomic E-state index is 0.0106. The van der Waals surface area contributed by atoms with Crippen LogP contribution in [0.3, 0.4) is 0 Å². The molecule has 5 heteroatoms. The Morgan fingerprint density at radius 2 is 2.00 bits per heavy atom. The first-order valence-electron chi connectivity index (χ1n) is 9.66. The van der Waals surface area contributed by atoms with Crippen molar-refractivity contribution in [3.05, 3.63) is 59.2 Å². The SMILES string of the molecule is COc1cccc([C@H]2C[C@H]3[C@H](O[C@H]2C)c2cc(C(=O)O)ccc2OC3(C)C)c1. The van der Waals surface area contributed by atoms with Crippen LogP contribution in [0.1, 0.15) is 60.7 Å². The second-order valence-corrected chi connectivity index (χ2v) is 8.25. The third kappa shape index (κ3) is 3.14. The van der Waals surface area contributed by atoms with E-state index in [-0.39, 0.29) is 29.6 Å². The van der Waals surface area contributed by atoms with Gasteiger partial charge in [0.1, 0.15) is 17.1 Å². The zero-order valence-electron chi connectivity index (χ0n) is 16.6. The number of methoxy groups -OCH3 is 1. The molecule has 5 nitrogen and oxygen atoms in total. The first-order valence-corrected chi connectivity index (χ1v) is 9.66. The summed E-state index contributed by atoms with van der Waals surface area (Å²) in [4.78, 5) is 11.4. The molecule has 2 aliphatic heterocycles. The third-order valence-corrected chi connectivity index (χ3v) is 6.15. The smallest absolute Gasteiger partial charge is 0.335 e. The summed E-state index contributed by atoms with van der Waals surface area (Å²) in [7, 11) is 1.67. The fourth-order valence-corrected chi connectivity index (χ4v) is 4.58. The van der Waals surface area contributed by atoms with Crippen LogP contribution in [0.25, 0.3) is 0 Å². The lowest BCUT2D eigenvalue weighted by Gasteiger charge is -2.50. The van der Waals surface area contributed by atoms with E-state index < -0.39 is 11.6 Å². The number of carboxylic acid groups (broad SMARTS) is 1. The molecule has 2 aromatic rings. The summed E-state index contributed by atoms with van der Waals surface area (Å²) < 4.78 is 18.2. The van der Waals surface area contributed by atoms with Gasteiger partial charge in [0, 0.05) is 17.4 Å². The Balaban J connectivity index is 1.72. The third-order valence-electron chi connectivity index (χ3n) is 6.15. The van der Waals surface area contributed by atoms with Crippen LogP contribution in [-0.2, 0) is 4.74 Å². The zero-order valence-corrected chi connectivity index (χ0v) is 16.6. The van der Waals surface area contributed by atoms with Gasteiger partial charge in [-0.3, -0.25) is 0 Å². The first-order chi connectivity index (χ1) is 13.3. The van der Waals surface area contributed by atoms with Gasteiger partial charge in [-0.2, -0.15) is 0 Å². The van der Waals surface area contributed by atoms with Crippen molar-refractivity contribution in [3.63, 3.8) is 0 Å². The Bertz CT molecular complexity index is 904. The van der Waals surface area contributed by atoms with Crippen LogP contribution in [0, 0.1) is 5.92 Å². The van der Waals surface area contributed by atoms with Crippen molar-refractivity contribution in [1.82, 2.24) is 0 Å². The van der Waals surface area contributed by atoms with E-state index in [0.717, 1.165) is 17.7 Å². The number of ether oxygens (including phenoxy) is 3. The molecule has 0 spiro atoms. The lowest BCUT2D eigenvalue weighted by molar-refractivity contribution is -0.153. The molecule has 0 bridgehead atoms. The van der Waals surface area contributed by atoms with E-state index in [2.05, 4.69) is 32.9 Å². The van der Waals surface area contributed by atoms with Gasteiger partial charge in [-0.15, -0.1) is 0 Å². The number of benzene rings is 2. The largest absolute Gasteiger partial charge is 0.497 e. The maximum Gasteiger partial charge on any atom is 0.335 e. The van der Waals surface area contributed by atoms with Crippen molar-refractivity contribution in [2.75, 3.05) is 7.11 Å². The Morgan fingerprint density at radius 1 is 1.21 bits per heavy atom. The monoisotopic (exact) mass is 382 g/mol. The quantitative estimate of drug-likeness (QED) is 0.825. The second kappa shape index (κ2) is 6.82. The number of fused-ring (bicyclic) bond motifs is 3. The van der Waals surface area contributed by atoms with Gasteiger partial charge in [0.05, 0.1) is 24.9 Å². The van der Waals surface area contributed by atoms with Crippen LogP contribution >= 0.6 is 0 Å². The second-order valence-electron chi connectivity index (χ2n) is 8.25. The van der Waals surface area contributed by atoms with Crippen LogP contribution in [-0.4, -0.2) is 29.9 Å². The molecule has 2 aromatic carbocycles. The molecule has 0 radical (unpaired) electrons. The number of carbonyl (C=O) groups is 1. The summed E-state index contributed by atoms with van der Waals surface area (Å²) in [6, 6.07) is 13.2. The summed E-state index contributed by atoms with van der Waals surface area (Å²) in [5.41, 5.74) is 1.86. The summed E-state index contributed by atoms with van der Waals surface area (Å²) >= 11 is 0. The first kappa shape index (κ1) is 18.8. The van der Waals surface area contributed by atoms with Gasteiger partial charge in [-0.25, -0.2) is 4.79 Å². The highest BCUT2D eigenvalue weighted by molar-refractivity contribution is 5.88. The van der Waals surface area contributed by atoms with E-state index in [4.69, 9.17) is 14.2 Å². The molecule has 1 saturated heterocycles. The molecule has 1 fully saturated rings. The topological polar surface area (TPSA) is 65.0 Å². The molecule has 0 saturated carbocycles. The summed E-state index contributed by atoms with van der Waals surface area (Å²) in [5.74, 6) is 0.924. The van der Waals surface area contributed by atoms with Crippen LogP contribution in [0.4, 0.5) is 0 Å². The maximum absolute atomic E-state index is 11.4. The minimum atomic E-state index is -0.942. The molecule has 148 valence electrons. The molecular formula is C23H26O5. The molecule has 28 heavy (non-hydrogen) atoms. The van der Waals surface area contributed by atoms with Gasteiger partial charge in [0.15, 0.2) is 0 Å². The van der Waals surface area contributed by atoms with E-state index >= 15 is 0 Å². The molecule has 0 amide bonds. The average Bonchev–Trinajstić information content (AvgIpc) is 2.67. The van der Waals surface area contributed by atoms with Gasteiger partial charge in [0.25, 0.3) is 0 Å². The van der Waals surface area contributed by atoms with Crippen molar-refractivity contribution in [2.24, 2.45) is 5.92 Å². The van der Waals surface area contributed by atoms with E-state index in [1.807, 2.05) is 12.1 Å². The van der Waals surface area contributed by atoms with Gasteiger partial charge in [-0.05, 0) is 63.1 Å². The molecular weight excluding hydrogens is 356 g/mol. The van der Waals surface area contributed by atoms with Crippen LogP contribution in [0.15, 0.2) is 42.5 Å².